The van der Waals surface area contributed by atoms with Crippen molar-refractivity contribution in [2.24, 2.45) is 0 Å². The molecule has 3 N–H and O–H groups in total. The Labute approximate surface area is 185 Å². The second-order valence-electron chi connectivity index (χ2n) is 8.14. The summed E-state index contributed by atoms with van der Waals surface area (Å²) in [7, 11) is 7.72. The number of carbonyl (C=O) groups is 1. The fraction of sp³-hybridized carbons (Fsp3) is 0.364. The number of pyridine rings is 1. The molecule has 3 rings (SSSR count). The predicted octanol–water partition coefficient (Wildman–Crippen LogP) is 1.85. The molecule has 0 aliphatic heterocycles. The first-order chi connectivity index (χ1) is 15.2. The third-order valence-corrected chi connectivity index (χ3v) is 5.11. The van der Waals surface area contributed by atoms with E-state index >= 15 is 0 Å². The van der Waals surface area contributed by atoms with Gasteiger partial charge < -0.3 is 25.4 Å². The number of nitrogens with zero attached hydrogens (tertiary/aromatic N) is 3. The van der Waals surface area contributed by atoms with Gasteiger partial charge in [-0.1, -0.05) is 0 Å². The third-order valence-electron chi connectivity index (χ3n) is 5.11. The average Bonchev–Trinajstić information content (AvgIpc) is 2.72. The van der Waals surface area contributed by atoms with Crippen molar-refractivity contribution in [2.75, 3.05) is 59.7 Å². The van der Waals surface area contributed by atoms with Crippen LogP contribution in [-0.2, 0) is 0 Å². The molecular weight excluding hydrogens is 412 g/mol. The van der Waals surface area contributed by atoms with Gasteiger partial charge in [-0.15, -0.1) is 0 Å². The van der Waals surface area contributed by atoms with Crippen molar-refractivity contribution in [3.8, 4) is 0 Å². The van der Waals surface area contributed by atoms with E-state index in [0.29, 0.717) is 47.3 Å². The molecule has 0 atom stereocenters. The maximum absolute atomic E-state index is 13.4. The molecule has 2 aromatic carbocycles. The molecule has 0 bridgehead atoms. The predicted molar refractivity (Wildman–Crippen MR) is 127 cm³/mol. The number of aromatic amines is 1. The van der Waals surface area contributed by atoms with Crippen molar-refractivity contribution in [1.82, 2.24) is 20.1 Å². The highest BCUT2D eigenvalue weighted by Crippen LogP contribution is 2.27. The van der Waals surface area contributed by atoms with Crippen molar-refractivity contribution < 1.29 is 9.72 Å². The molecule has 0 saturated carbocycles. The van der Waals surface area contributed by atoms with E-state index in [1.807, 2.05) is 38.0 Å². The Hall–Kier alpha value is -3.50. The molecule has 1 amide bonds. The van der Waals surface area contributed by atoms with E-state index in [-0.39, 0.29) is 22.4 Å². The van der Waals surface area contributed by atoms with E-state index in [0.717, 1.165) is 6.54 Å². The maximum Gasteiger partial charge on any atom is 0.270 e. The van der Waals surface area contributed by atoms with Crippen molar-refractivity contribution in [1.29, 1.82) is 0 Å². The number of non-ortho nitro benzene ring substituents is 1. The Morgan fingerprint density at radius 2 is 1.75 bits per heavy atom. The number of hydrogen-bond acceptors (Lipinski definition) is 7. The van der Waals surface area contributed by atoms with Crippen LogP contribution in [0.1, 0.15) is 10.4 Å². The molecule has 10 heteroatoms. The van der Waals surface area contributed by atoms with E-state index in [4.69, 9.17) is 0 Å². The normalized spacial score (nSPS) is 11.4. The summed E-state index contributed by atoms with van der Waals surface area (Å²) in [4.78, 5) is 44.1. The van der Waals surface area contributed by atoms with E-state index in [2.05, 4.69) is 15.6 Å². The topological polar surface area (TPSA) is 124 Å². The number of H-pyrrole nitrogens is 1. The van der Waals surface area contributed by atoms with Gasteiger partial charge in [-0.2, -0.15) is 0 Å². The Morgan fingerprint density at radius 1 is 1.06 bits per heavy atom. The van der Waals surface area contributed by atoms with E-state index in [1.54, 1.807) is 12.1 Å². The average molecular weight is 441 g/mol. The molecule has 0 spiro atoms. The van der Waals surface area contributed by atoms with Crippen LogP contribution in [0.15, 0.2) is 35.1 Å². The summed E-state index contributed by atoms with van der Waals surface area (Å²) in [5.41, 5.74) is 1.21. The molecule has 3 aromatic rings. The molecule has 10 nitrogen and oxygen atoms in total. The number of aromatic nitrogens is 1. The molecule has 0 aliphatic rings. The van der Waals surface area contributed by atoms with Crippen molar-refractivity contribution in [3.05, 3.63) is 56.2 Å². The van der Waals surface area contributed by atoms with Crippen LogP contribution < -0.4 is 16.1 Å². The molecule has 170 valence electrons. The van der Waals surface area contributed by atoms with Gasteiger partial charge in [0.05, 0.1) is 32.3 Å². The molecule has 32 heavy (non-hydrogen) atoms. The summed E-state index contributed by atoms with van der Waals surface area (Å²) in [5, 5.41) is 17.8. The minimum Gasteiger partial charge on any atom is -0.383 e. The first-order valence-electron chi connectivity index (χ1n) is 10.3. The number of anilines is 1. The lowest BCUT2D eigenvalue weighted by Gasteiger charge is -2.16. The number of amides is 1. The number of rotatable bonds is 9. The first-order valence-corrected chi connectivity index (χ1v) is 10.3. The van der Waals surface area contributed by atoms with E-state index in [1.165, 1.54) is 18.2 Å². The Kier molecular flexibility index (Phi) is 7.06. The Bertz CT molecular complexity index is 1220. The van der Waals surface area contributed by atoms with Gasteiger partial charge in [-0.25, -0.2) is 0 Å². The molecule has 0 fully saturated rings. The molecule has 0 unspecified atom stereocenters. The number of nitro benzene ring substituents is 1. The summed E-state index contributed by atoms with van der Waals surface area (Å²) in [6.45, 7) is 2.46. The van der Waals surface area contributed by atoms with Gasteiger partial charge in [0.25, 0.3) is 11.6 Å². The van der Waals surface area contributed by atoms with Gasteiger partial charge in [-0.3, -0.25) is 19.7 Å². The van der Waals surface area contributed by atoms with Crippen LogP contribution in [0, 0.1) is 10.1 Å². The van der Waals surface area contributed by atoms with Crippen LogP contribution >= 0.6 is 0 Å². The van der Waals surface area contributed by atoms with Crippen LogP contribution in [-0.4, -0.2) is 80.0 Å². The van der Waals surface area contributed by atoms with Crippen molar-refractivity contribution in [2.45, 2.75) is 0 Å². The number of nitro groups is 1. The van der Waals surface area contributed by atoms with E-state index < -0.39 is 4.92 Å². The standard InChI is InChI=1S/C22H28N6O4/c1-26(2)11-9-23-18-8-6-15(22(30)24-10-12-27(3)4)20-19(18)21(29)16-13-14(28(31)32)5-7-17(16)25-20/h5-8,13,23H,9-12H2,1-4H3,(H,24,30)(H,25,29). The van der Waals surface area contributed by atoms with Crippen LogP contribution in [0.3, 0.4) is 0 Å². The number of likely N-dealkylation sites (N-methyl/N-ethyl adjacent to an activating group) is 2. The Balaban J connectivity index is 2.16. The fourth-order valence-corrected chi connectivity index (χ4v) is 3.42. The summed E-state index contributed by atoms with van der Waals surface area (Å²) < 4.78 is 0. The molecule has 0 aliphatic carbocycles. The number of hydrogen-bond donors (Lipinski definition) is 3. The smallest absolute Gasteiger partial charge is 0.270 e. The highest BCUT2D eigenvalue weighted by Gasteiger charge is 2.19. The molecule has 0 saturated heterocycles. The third kappa shape index (κ3) is 5.04. The first kappa shape index (κ1) is 23.2. The second kappa shape index (κ2) is 9.75. The molecule has 0 radical (unpaired) electrons. The van der Waals surface area contributed by atoms with Crippen LogP contribution in [0.4, 0.5) is 11.4 Å². The minimum absolute atomic E-state index is 0.165. The zero-order valence-corrected chi connectivity index (χ0v) is 18.7. The quantitative estimate of drug-likeness (QED) is 0.264. The van der Waals surface area contributed by atoms with Gasteiger partial charge >= 0.3 is 0 Å². The molecule has 1 heterocycles. The maximum atomic E-state index is 13.4. The zero-order valence-electron chi connectivity index (χ0n) is 18.7. The number of fused-ring (bicyclic) bond motifs is 2. The molecular formula is C22H28N6O4. The van der Waals surface area contributed by atoms with Gasteiger partial charge in [0, 0.05) is 44.0 Å². The van der Waals surface area contributed by atoms with Crippen LogP contribution in [0.2, 0.25) is 0 Å². The van der Waals surface area contributed by atoms with Crippen molar-refractivity contribution in [3.63, 3.8) is 0 Å². The van der Waals surface area contributed by atoms with Gasteiger partial charge in [0.2, 0.25) is 0 Å². The number of carbonyl (C=O) groups excluding carboxylic acids is 1. The lowest BCUT2D eigenvalue weighted by atomic mass is 10.0. The summed E-state index contributed by atoms with van der Waals surface area (Å²) in [6.07, 6.45) is 0. The van der Waals surface area contributed by atoms with Crippen molar-refractivity contribution >= 4 is 39.1 Å². The Morgan fingerprint density at radius 3 is 2.41 bits per heavy atom. The summed E-state index contributed by atoms with van der Waals surface area (Å²) in [5.74, 6) is -0.298. The monoisotopic (exact) mass is 440 g/mol. The molecule has 1 aromatic heterocycles. The number of nitrogens with one attached hydrogen (secondary N) is 3. The lowest BCUT2D eigenvalue weighted by Crippen LogP contribution is -2.31. The van der Waals surface area contributed by atoms with Gasteiger partial charge in [0.1, 0.15) is 0 Å². The van der Waals surface area contributed by atoms with Gasteiger partial charge in [-0.05, 0) is 46.4 Å². The lowest BCUT2D eigenvalue weighted by molar-refractivity contribution is -0.384. The zero-order chi connectivity index (χ0) is 23.4. The van der Waals surface area contributed by atoms with E-state index in [9.17, 15) is 19.7 Å². The SMILES string of the molecule is CN(C)CCNC(=O)c1ccc(NCCN(C)C)c2c(=O)c3cc([N+](=O)[O-])ccc3[nH]c12. The minimum atomic E-state index is -0.534. The highest BCUT2D eigenvalue weighted by molar-refractivity contribution is 6.11. The second-order valence-corrected chi connectivity index (χ2v) is 8.14. The van der Waals surface area contributed by atoms with Gasteiger partial charge in [0.15, 0.2) is 5.43 Å². The summed E-state index contributed by atoms with van der Waals surface area (Å²) in [6, 6.07) is 7.48. The largest absolute Gasteiger partial charge is 0.383 e. The number of benzene rings is 2. The fourth-order valence-electron chi connectivity index (χ4n) is 3.42. The van der Waals surface area contributed by atoms with Crippen LogP contribution in [0.5, 0.6) is 0 Å². The van der Waals surface area contributed by atoms with Crippen LogP contribution in [0.25, 0.3) is 21.8 Å². The summed E-state index contributed by atoms with van der Waals surface area (Å²) >= 11 is 0. The highest BCUT2D eigenvalue weighted by atomic mass is 16.6.